The van der Waals surface area contributed by atoms with E-state index in [2.05, 4.69) is 0 Å². The van der Waals surface area contributed by atoms with Crippen LogP contribution in [-0.2, 0) is 90.1 Å². The first-order valence-corrected chi connectivity index (χ1v) is 31.6. The highest BCUT2D eigenvalue weighted by molar-refractivity contribution is 5.73. The summed E-state index contributed by atoms with van der Waals surface area (Å²) in [5, 5.41) is 299. The summed E-state index contributed by atoms with van der Waals surface area (Å²) in [5.74, 6) is -1.83. The number of hydrogen-bond donors (Lipinski definition) is 27. The molecule has 0 aromatic rings. The van der Waals surface area contributed by atoms with Crippen LogP contribution in [0.2, 0.25) is 0 Å². The Labute approximate surface area is 562 Å². The van der Waals surface area contributed by atoms with Crippen molar-refractivity contribution in [2.45, 2.75) is 276 Å². The van der Waals surface area contributed by atoms with Gasteiger partial charge in [-0.1, -0.05) is 0 Å². The Morgan fingerprint density at radius 3 is 0.730 bits per heavy atom. The minimum absolute atomic E-state index is 1.10. The van der Waals surface area contributed by atoms with E-state index in [-0.39, 0.29) is 0 Å². The SMILES string of the molecule is O=C(O)[C@H]1O[C@@H](O[C@H]2[C@H](O)[C@@H](O)[C@H](OC[C@H]3O[C@@H]4O[C@H]5[C@H](O)[C@@H](O)[C@@H](O[C@H]6[C@H](O)[C@@H](O)[C@@H](O[C@H]7[C@H](O)[C@@H](O)[C@@H](O[C@H]8[C@H](O)[C@@H](O)[C@@H](O[C@H]9[C@H](O)[C@@H](O)[C@@H](O[C@H]%10[C@H](O)[C@@H](O)[C@@H](O[C@H]3[C@H](O)[C@H]4O)O[C@@H]%10CO)O[C@@H]9CO)O[C@@H]8CO)O[C@@H]7CO)O[C@@H]6CO)O[C@@H]5CO)O[C@@H]2CO)[C@H](O)[C@@H](O)[C@@H]1O. The van der Waals surface area contributed by atoms with Crippen LogP contribution in [0.5, 0.6) is 0 Å². The fourth-order valence-electron chi connectivity index (χ4n) is 13.3. The minimum atomic E-state index is -2.45. The first-order chi connectivity index (χ1) is 47.5. The zero-order chi connectivity index (χ0) is 72.9. The van der Waals surface area contributed by atoms with Gasteiger partial charge in [-0.15, -0.1) is 0 Å². The number of rotatable bonds is 13. The molecule has 100 heavy (non-hydrogen) atoms. The largest absolute Gasteiger partial charge is 0.479 e. The van der Waals surface area contributed by atoms with Gasteiger partial charge in [-0.05, 0) is 0 Å². The third-order valence-corrected chi connectivity index (χ3v) is 19.0. The van der Waals surface area contributed by atoms with Crippen molar-refractivity contribution in [3.63, 3.8) is 0 Å². The van der Waals surface area contributed by atoms with Crippen molar-refractivity contribution in [3.05, 3.63) is 0 Å². The van der Waals surface area contributed by atoms with E-state index >= 15 is 0 Å². The van der Waals surface area contributed by atoms with E-state index in [1.165, 1.54) is 0 Å². The number of hydrogen-bond acceptors (Lipinski definition) is 45. The molecule has 0 saturated carbocycles. The molecule has 0 amide bonds. The molecule has 45 atom stereocenters. The molecule has 14 bridgehead atoms. The van der Waals surface area contributed by atoms with E-state index in [1.807, 2.05) is 0 Å². The van der Waals surface area contributed by atoms with Gasteiger partial charge in [0.05, 0.1) is 52.9 Å². The fourth-order valence-corrected chi connectivity index (χ4v) is 13.3. The number of carbonyl (C=O) groups is 1. The topological polar surface area (TPSA) is 729 Å². The van der Waals surface area contributed by atoms with Crippen molar-refractivity contribution < 1.29 is 228 Å². The summed E-state index contributed by atoms with van der Waals surface area (Å²) in [6.45, 7) is -9.13. The monoisotopic (exact) mass is 1470 g/mol. The summed E-state index contributed by atoms with van der Waals surface area (Å²) in [6, 6.07) is 0. The van der Waals surface area contributed by atoms with E-state index in [0.29, 0.717) is 0 Å². The van der Waals surface area contributed by atoms with Crippen LogP contribution in [0.25, 0.3) is 0 Å². The highest BCUT2D eigenvalue weighted by Gasteiger charge is 2.61. The number of carboxylic acids is 1. The van der Waals surface area contributed by atoms with Crippen LogP contribution in [0, 0.1) is 0 Å². The van der Waals surface area contributed by atoms with Crippen LogP contribution in [0.1, 0.15) is 0 Å². The van der Waals surface area contributed by atoms with E-state index < -0.39 is 335 Å². The molecule has 23 fully saturated rings. The van der Waals surface area contributed by atoms with Gasteiger partial charge in [0.25, 0.3) is 0 Å². The lowest BCUT2D eigenvalue weighted by atomic mass is 9.95. The van der Waals surface area contributed by atoms with E-state index in [9.17, 15) is 143 Å². The van der Waals surface area contributed by atoms with Crippen LogP contribution in [-0.4, -0.2) is 473 Å². The summed E-state index contributed by atoms with van der Waals surface area (Å²) in [5.41, 5.74) is 0. The third kappa shape index (κ3) is 15.9. The van der Waals surface area contributed by atoms with Crippen molar-refractivity contribution in [1.29, 1.82) is 0 Å². The number of aliphatic hydroxyl groups excluding tert-OH is 26. The van der Waals surface area contributed by atoms with E-state index in [0.717, 1.165) is 0 Å². The van der Waals surface area contributed by atoms with Crippen LogP contribution in [0.15, 0.2) is 0 Å². The molecular formula is C54H88O46. The second-order valence-corrected chi connectivity index (χ2v) is 25.3. The molecule has 0 radical (unpaired) electrons. The van der Waals surface area contributed by atoms with Gasteiger partial charge in [0.2, 0.25) is 0 Å². The third-order valence-electron chi connectivity index (χ3n) is 19.0. The van der Waals surface area contributed by atoms with Gasteiger partial charge >= 0.3 is 5.97 Å². The molecule has 0 aliphatic carbocycles. The lowest BCUT2D eigenvalue weighted by Gasteiger charge is -2.50. The lowest BCUT2D eigenvalue weighted by Crippen LogP contribution is -2.68. The maximum atomic E-state index is 12.0. The normalized spacial score (nSPS) is 54.6. The van der Waals surface area contributed by atoms with Gasteiger partial charge in [0, 0.05) is 0 Å². The molecule has 23 heterocycles. The van der Waals surface area contributed by atoms with Crippen molar-refractivity contribution >= 4 is 5.97 Å². The van der Waals surface area contributed by atoms with Crippen molar-refractivity contribution in [2.75, 3.05) is 52.9 Å². The molecule has 23 saturated heterocycles. The molecule has 46 heteroatoms. The van der Waals surface area contributed by atoms with Crippen molar-refractivity contribution in [1.82, 2.24) is 0 Å². The quantitative estimate of drug-likeness (QED) is 0.0814. The summed E-state index contributed by atoms with van der Waals surface area (Å²) < 4.78 is 103. The Morgan fingerprint density at radius 2 is 0.480 bits per heavy atom. The smallest absolute Gasteiger partial charge is 0.335 e. The van der Waals surface area contributed by atoms with Gasteiger partial charge in [-0.3, -0.25) is 0 Å². The molecule has 0 aromatic carbocycles. The van der Waals surface area contributed by atoms with Crippen LogP contribution in [0.4, 0.5) is 0 Å². The average molecular weight is 1470 g/mol. The van der Waals surface area contributed by atoms with Crippen LogP contribution in [0.3, 0.4) is 0 Å². The molecule has 0 spiro atoms. The Bertz CT molecular complexity index is 2540. The number of aliphatic carboxylic acids is 1. The Hall–Kier alpha value is -2.29. The molecular weight excluding hydrogens is 1380 g/mol. The van der Waals surface area contributed by atoms with Crippen molar-refractivity contribution in [3.8, 4) is 0 Å². The maximum Gasteiger partial charge on any atom is 0.335 e. The van der Waals surface area contributed by atoms with Gasteiger partial charge in [-0.25, -0.2) is 4.79 Å². The zero-order valence-electron chi connectivity index (χ0n) is 52.0. The number of ether oxygens (including phenoxy) is 18. The Kier molecular flexibility index (Phi) is 27.2. The summed E-state index contributed by atoms with van der Waals surface area (Å²) in [4.78, 5) is 11.8. The summed E-state index contributed by atoms with van der Waals surface area (Å²) in [7, 11) is 0. The minimum Gasteiger partial charge on any atom is -0.479 e. The highest BCUT2D eigenvalue weighted by Crippen LogP contribution is 2.40. The van der Waals surface area contributed by atoms with Crippen LogP contribution >= 0.6 is 0 Å². The molecule has 580 valence electrons. The molecule has 0 unspecified atom stereocenters. The average Bonchev–Trinajstić information content (AvgIpc) is 0.779. The molecule has 46 nitrogen and oxygen atoms in total. The Morgan fingerprint density at radius 1 is 0.240 bits per heavy atom. The molecule has 23 aliphatic rings. The number of aliphatic hydroxyl groups is 26. The first-order valence-electron chi connectivity index (χ1n) is 31.6. The lowest BCUT2D eigenvalue weighted by molar-refractivity contribution is -0.399. The van der Waals surface area contributed by atoms with Gasteiger partial charge in [0.15, 0.2) is 62.7 Å². The van der Waals surface area contributed by atoms with E-state index in [4.69, 9.17) is 85.3 Å². The second kappa shape index (κ2) is 33.9. The van der Waals surface area contributed by atoms with Gasteiger partial charge in [0.1, 0.15) is 214 Å². The Balaban J connectivity index is 0.938. The second-order valence-electron chi connectivity index (χ2n) is 25.3. The van der Waals surface area contributed by atoms with Gasteiger partial charge < -0.3 is 223 Å². The fraction of sp³-hybridized carbons (Fsp3) is 0.981. The summed E-state index contributed by atoms with van der Waals surface area (Å²) >= 11 is 0. The van der Waals surface area contributed by atoms with Gasteiger partial charge in [-0.2, -0.15) is 0 Å². The van der Waals surface area contributed by atoms with Crippen molar-refractivity contribution in [2.24, 2.45) is 0 Å². The summed E-state index contributed by atoms with van der Waals surface area (Å²) in [6.07, 6.45) is -96.9. The molecule has 23 rings (SSSR count). The molecule has 0 aromatic heterocycles. The van der Waals surface area contributed by atoms with E-state index in [1.54, 1.807) is 0 Å². The highest BCUT2D eigenvalue weighted by atomic mass is 16.8. The first kappa shape index (κ1) is 80.3. The molecule has 27 N–H and O–H groups in total. The zero-order valence-corrected chi connectivity index (χ0v) is 52.0. The predicted molar refractivity (Wildman–Crippen MR) is 294 cm³/mol. The maximum absolute atomic E-state index is 12.0. The standard InChI is InChI=1S/C54H88O46/c55-1-9-36(98-54-27(72)17(62)18(63)44(100-54)45(81)82)19(64)28(73)46(84-9)83-8-16-43-26(71)35(80)53(91-16)97-42-15(7-61)89-51(33(78)24(42)69)95-40-13(5-59)87-49(31(76)22(40)67)93-38-11(3-57)85-47(29(74)20(38)65)92-37-10(2-56)86-48(30(75)21(37)66)94-39-12(4-58)88-50(32(77)23(39)68)96-41-14(6-60)90-52(99-43)34(79)25(41)70/h9-44,46-80H,1-8H2,(H,81,82)/t9-,10-,11-,12-,13-,14-,15-,16-,17+,18+,19-,20-,21-,22-,23-,24-,25-,26-,27-,28-,29-,30-,31-,32-,33-,34-,35-,36-,37-,38-,39-,40-,41-,42-,43-,44+,46-,47-,48-,49-,50-,51-,52-,53-,54-/m1/s1. The molecule has 23 aliphatic heterocycles. The number of carboxylic acid groups (broad SMARTS) is 1. The predicted octanol–water partition coefficient (Wildman–Crippen LogP) is -19.5. The van der Waals surface area contributed by atoms with Crippen LogP contribution < -0.4 is 0 Å².